The van der Waals surface area contributed by atoms with E-state index in [1.165, 1.54) is 25.7 Å². The monoisotopic (exact) mass is 213 g/mol. The second-order valence-corrected chi connectivity index (χ2v) is 5.07. The molecule has 1 aliphatic rings. The van der Waals surface area contributed by atoms with Crippen molar-refractivity contribution < 1.29 is 9.90 Å². The van der Waals surface area contributed by atoms with Crippen LogP contribution in [0.4, 0.5) is 0 Å². The molecule has 0 aromatic rings. The lowest BCUT2D eigenvalue weighted by Crippen LogP contribution is -2.29. The number of aliphatic carboxylic acids is 1. The third kappa shape index (κ3) is 5.17. The Hall–Kier alpha value is -0.570. The summed E-state index contributed by atoms with van der Waals surface area (Å²) in [5, 5.41) is 8.66. The van der Waals surface area contributed by atoms with Crippen LogP contribution in [-0.4, -0.2) is 36.1 Å². The molecule has 0 aliphatic heterocycles. The van der Waals surface area contributed by atoms with Crippen molar-refractivity contribution >= 4 is 5.97 Å². The summed E-state index contributed by atoms with van der Waals surface area (Å²) in [5.41, 5.74) is 0. The van der Waals surface area contributed by atoms with Gasteiger partial charge in [-0.05, 0) is 31.7 Å². The largest absolute Gasteiger partial charge is 0.481 e. The normalized spacial score (nSPS) is 19.7. The molecular formula is C12H23NO2. The number of carbonyl (C=O) groups is 1. The predicted octanol–water partition coefficient (Wildman–Crippen LogP) is 2.22. The molecule has 1 N–H and O–H groups in total. The van der Waals surface area contributed by atoms with Gasteiger partial charge in [0.1, 0.15) is 0 Å². The van der Waals surface area contributed by atoms with Crippen LogP contribution in [0, 0.1) is 11.8 Å². The minimum absolute atomic E-state index is 0.258. The van der Waals surface area contributed by atoms with Crippen molar-refractivity contribution in [2.75, 3.05) is 20.1 Å². The van der Waals surface area contributed by atoms with E-state index in [4.69, 9.17) is 5.11 Å². The van der Waals surface area contributed by atoms with Crippen LogP contribution in [-0.2, 0) is 4.79 Å². The van der Waals surface area contributed by atoms with E-state index in [9.17, 15) is 4.79 Å². The summed E-state index contributed by atoms with van der Waals surface area (Å²) in [5.74, 6) is 0.428. The smallest absolute Gasteiger partial charge is 0.303 e. The molecule has 0 aromatic heterocycles. The topological polar surface area (TPSA) is 40.5 Å². The van der Waals surface area contributed by atoms with Gasteiger partial charge in [0, 0.05) is 19.5 Å². The van der Waals surface area contributed by atoms with Crippen LogP contribution < -0.4 is 0 Å². The van der Waals surface area contributed by atoms with Gasteiger partial charge in [-0.15, -0.1) is 0 Å². The Bertz CT molecular complexity index is 200. The van der Waals surface area contributed by atoms with Crippen LogP contribution in [0.1, 0.15) is 39.0 Å². The van der Waals surface area contributed by atoms with Gasteiger partial charge in [0.25, 0.3) is 0 Å². The van der Waals surface area contributed by atoms with Gasteiger partial charge >= 0.3 is 5.97 Å². The third-order valence-electron chi connectivity index (χ3n) is 3.19. The fourth-order valence-electron chi connectivity index (χ4n) is 2.60. The Kier molecular flexibility index (Phi) is 5.09. The van der Waals surface area contributed by atoms with E-state index in [2.05, 4.69) is 11.9 Å². The van der Waals surface area contributed by atoms with Gasteiger partial charge in [0.2, 0.25) is 0 Å². The van der Waals surface area contributed by atoms with Crippen LogP contribution in [0.5, 0.6) is 0 Å². The van der Waals surface area contributed by atoms with Crippen molar-refractivity contribution in [1.29, 1.82) is 0 Å². The van der Waals surface area contributed by atoms with Gasteiger partial charge in [-0.3, -0.25) is 4.79 Å². The quantitative estimate of drug-likeness (QED) is 0.735. The van der Waals surface area contributed by atoms with E-state index in [0.29, 0.717) is 0 Å². The lowest BCUT2D eigenvalue weighted by molar-refractivity contribution is -0.138. The van der Waals surface area contributed by atoms with Crippen LogP contribution in [0.15, 0.2) is 0 Å². The Morgan fingerprint density at radius 3 is 2.60 bits per heavy atom. The SMILES string of the molecule is CC(CC(=O)O)CN(C)CC1CCCC1. The number of nitrogens with zero attached hydrogens (tertiary/aromatic N) is 1. The van der Waals surface area contributed by atoms with E-state index in [1.54, 1.807) is 0 Å². The van der Waals surface area contributed by atoms with Crippen molar-refractivity contribution in [3.8, 4) is 0 Å². The molecule has 0 aromatic carbocycles. The zero-order valence-corrected chi connectivity index (χ0v) is 9.91. The average Bonchev–Trinajstić information content (AvgIpc) is 2.53. The Morgan fingerprint density at radius 2 is 2.07 bits per heavy atom. The van der Waals surface area contributed by atoms with E-state index in [-0.39, 0.29) is 12.3 Å². The summed E-state index contributed by atoms with van der Waals surface area (Å²) in [4.78, 5) is 12.8. The molecule has 1 atom stereocenters. The van der Waals surface area contributed by atoms with Gasteiger partial charge < -0.3 is 10.0 Å². The summed E-state index contributed by atoms with van der Waals surface area (Å²) in [6.45, 7) is 4.06. The summed E-state index contributed by atoms with van der Waals surface area (Å²) in [7, 11) is 2.11. The van der Waals surface area contributed by atoms with Gasteiger partial charge in [-0.2, -0.15) is 0 Å². The molecule has 1 unspecified atom stereocenters. The molecule has 88 valence electrons. The van der Waals surface area contributed by atoms with Crippen molar-refractivity contribution in [1.82, 2.24) is 4.90 Å². The predicted molar refractivity (Wildman–Crippen MR) is 60.9 cm³/mol. The highest BCUT2D eigenvalue weighted by molar-refractivity contribution is 5.66. The second-order valence-electron chi connectivity index (χ2n) is 5.07. The van der Waals surface area contributed by atoms with E-state index in [0.717, 1.165) is 19.0 Å². The lowest BCUT2D eigenvalue weighted by atomic mass is 10.1. The summed E-state index contributed by atoms with van der Waals surface area (Å²) in [6, 6.07) is 0. The number of rotatable bonds is 6. The van der Waals surface area contributed by atoms with E-state index >= 15 is 0 Å². The first-order chi connectivity index (χ1) is 7.08. The lowest BCUT2D eigenvalue weighted by Gasteiger charge is -2.23. The van der Waals surface area contributed by atoms with Gasteiger partial charge in [-0.1, -0.05) is 19.8 Å². The second kappa shape index (κ2) is 6.11. The molecule has 3 heteroatoms. The maximum absolute atomic E-state index is 10.5. The fraction of sp³-hybridized carbons (Fsp3) is 0.917. The van der Waals surface area contributed by atoms with Gasteiger partial charge in [-0.25, -0.2) is 0 Å². The molecule has 0 heterocycles. The first-order valence-corrected chi connectivity index (χ1v) is 5.98. The fourth-order valence-corrected chi connectivity index (χ4v) is 2.60. The zero-order chi connectivity index (χ0) is 11.3. The molecular weight excluding hydrogens is 190 g/mol. The zero-order valence-electron chi connectivity index (χ0n) is 9.91. The van der Waals surface area contributed by atoms with Crippen LogP contribution in [0.3, 0.4) is 0 Å². The molecule has 3 nitrogen and oxygen atoms in total. The molecule has 0 bridgehead atoms. The maximum Gasteiger partial charge on any atom is 0.303 e. The van der Waals surface area contributed by atoms with Crippen molar-refractivity contribution in [3.05, 3.63) is 0 Å². The Morgan fingerprint density at radius 1 is 1.47 bits per heavy atom. The van der Waals surface area contributed by atoms with E-state index in [1.807, 2.05) is 6.92 Å². The number of hydrogen-bond donors (Lipinski definition) is 1. The molecule has 1 aliphatic carbocycles. The van der Waals surface area contributed by atoms with Crippen LogP contribution in [0.25, 0.3) is 0 Å². The Balaban J connectivity index is 2.16. The highest BCUT2D eigenvalue weighted by Gasteiger charge is 2.18. The van der Waals surface area contributed by atoms with Gasteiger partial charge in [0.05, 0.1) is 0 Å². The van der Waals surface area contributed by atoms with Gasteiger partial charge in [0.15, 0.2) is 0 Å². The average molecular weight is 213 g/mol. The summed E-state index contributed by atoms with van der Waals surface area (Å²) in [6.07, 6.45) is 5.76. The van der Waals surface area contributed by atoms with Crippen molar-refractivity contribution in [3.63, 3.8) is 0 Å². The van der Waals surface area contributed by atoms with Crippen LogP contribution >= 0.6 is 0 Å². The third-order valence-corrected chi connectivity index (χ3v) is 3.19. The van der Waals surface area contributed by atoms with Crippen molar-refractivity contribution in [2.45, 2.75) is 39.0 Å². The minimum atomic E-state index is -0.684. The number of carboxylic acid groups (broad SMARTS) is 1. The first-order valence-electron chi connectivity index (χ1n) is 5.98. The molecule has 0 amide bonds. The Labute approximate surface area is 92.5 Å². The van der Waals surface area contributed by atoms with Crippen molar-refractivity contribution in [2.24, 2.45) is 11.8 Å². The highest BCUT2D eigenvalue weighted by Crippen LogP contribution is 2.25. The maximum atomic E-state index is 10.5. The van der Waals surface area contributed by atoms with E-state index < -0.39 is 5.97 Å². The summed E-state index contributed by atoms with van der Waals surface area (Å²) < 4.78 is 0. The molecule has 0 saturated heterocycles. The number of hydrogen-bond acceptors (Lipinski definition) is 2. The minimum Gasteiger partial charge on any atom is -0.481 e. The molecule has 15 heavy (non-hydrogen) atoms. The first kappa shape index (κ1) is 12.5. The summed E-state index contributed by atoms with van der Waals surface area (Å²) >= 11 is 0. The molecule has 0 spiro atoms. The highest BCUT2D eigenvalue weighted by atomic mass is 16.4. The number of carboxylic acids is 1. The standard InChI is InChI=1S/C12H23NO2/c1-10(7-12(14)15)8-13(2)9-11-5-3-4-6-11/h10-11H,3-9H2,1-2H3,(H,14,15). The molecule has 1 fully saturated rings. The molecule has 0 radical (unpaired) electrons. The molecule has 1 saturated carbocycles. The molecule has 1 rings (SSSR count). The van der Waals surface area contributed by atoms with Crippen LogP contribution in [0.2, 0.25) is 0 Å².